The first-order chi connectivity index (χ1) is 13.0. The van der Waals surface area contributed by atoms with Crippen LogP contribution in [0.3, 0.4) is 0 Å². The van der Waals surface area contributed by atoms with E-state index in [2.05, 4.69) is 30.2 Å². The summed E-state index contributed by atoms with van der Waals surface area (Å²) >= 11 is 8.80. The van der Waals surface area contributed by atoms with Gasteiger partial charge in [0.25, 0.3) is 5.56 Å². The molecule has 7 nitrogen and oxygen atoms in total. The molecule has 0 bridgehead atoms. The number of halogens is 1. The Labute approximate surface area is 169 Å². The first kappa shape index (κ1) is 18.4. The van der Waals surface area contributed by atoms with Crippen molar-refractivity contribution in [3.8, 4) is 6.07 Å². The number of thiophene rings is 1. The van der Waals surface area contributed by atoms with Crippen molar-refractivity contribution in [2.45, 2.75) is 20.4 Å². The Bertz CT molecular complexity index is 1100. The predicted octanol–water partition coefficient (Wildman–Crippen LogP) is 2.91. The van der Waals surface area contributed by atoms with Crippen molar-refractivity contribution in [3.05, 3.63) is 37.3 Å². The Morgan fingerprint density at radius 2 is 2.04 bits per heavy atom. The maximum absolute atomic E-state index is 12.4. The monoisotopic (exact) mass is 420 g/mol. The Balaban J connectivity index is 1.47. The zero-order chi connectivity index (χ0) is 19.1. The molecule has 0 unspecified atom stereocenters. The molecule has 0 amide bonds. The molecule has 0 aromatic carbocycles. The van der Waals surface area contributed by atoms with Crippen LogP contribution in [0.1, 0.15) is 21.8 Å². The van der Waals surface area contributed by atoms with Gasteiger partial charge in [-0.05, 0) is 30.9 Å². The minimum atomic E-state index is -0.0616. The van der Waals surface area contributed by atoms with Crippen molar-refractivity contribution >= 4 is 49.7 Å². The lowest BCUT2D eigenvalue weighted by Gasteiger charge is -2.34. The molecular formula is C17H17ClN6OS2. The van der Waals surface area contributed by atoms with E-state index in [-0.39, 0.29) is 10.7 Å². The Morgan fingerprint density at radius 1 is 1.30 bits per heavy atom. The van der Waals surface area contributed by atoms with E-state index in [1.54, 1.807) is 11.3 Å². The smallest absolute Gasteiger partial charge is 0.259 e. The van der Waals surface area contributed by atoms with Gasteiger partial charge in [0.05, 0.1) is 11.9 Å². The van der Waals surface area contributed by atoms with E-state index in [0.29, 0.717) is 23.3 Å². The van der Waals surface area contributed by atoms with Gasteiger partial charge in [-0.1, -0.05) is 11.6 Å². The lowest BCUT2D eigenvalue weighted by Crippen LogP contribution is -2.46. The third-order valence-corrected chi connectivity index (χ3v) is 7.25. The number of aromatic nitrogens is 3. The third-order valence-electron chi connectivity index (χ3n) is 4.87. The fourth-order valence-electron chi connectivity index (χ4n) is 3.27. The molecule has 1 aliphatic heterocycles. The molecule has 0 spiro atoms. The van der Waals surface area contributed by atoms with Gasteiger partial charge >= 0.3 is 0 Å². The minimum Gasteiger partial charge on any atom is -0.358 e. The largest absolute Gasteiger partial charge is 0.358 e. The molecule has 1 N–H and O–H groups in total. The van der Waals surface area contributed by atoms with Gasteiger partial charge in [0.15, 0.2) is 5.15 Å². The van der Waals surface area contributed by atoms with Crippen molar-refractivity contribution in [2.24, 2.45) is 0 Å². The number of nitriles is 1. The van der Waals surface area contributed by atoms with Crippen LogP contribution in [0.15, 0.2) is 4.79 Å². The summed E-state index contributed by atoms with van der Waals surface area (Å²) < 4.78 is 4.08. The Morgan fingerprint density at radius 3 is 2.74 bits per heavy atom. The van der Waals surface area contributed by atoms with Crippen molar-refractivity contribution in [1.82, 2.24) is 19.2 Å². The van der Waals surface area contributed by atoms with Crippen LogP contribution in [0.5, 0.6) is 0 Å². The number of rotatable bonds is 3. The molecule has 10 heteroatoms. The van der Waals surface area contributed by atoms with Crippen LogP contribution in [0, 0.1) is 25.2 Å². The fourth-order valence-corrected chi connectivity index (χ4v) is 5.40. The highest BCUT2D eigenvalue weighted by atomic mass is 35.5. The van der Waals surface area contributed by atoms with Crippen LogP contribution < -0.4 is 10.5 Å². The number of aryl methyl sites for hydroxylation is 2. The fraction of sp³-hybridized carbons (Fsp3) is 0.412. The zero-order valence-electron chi connectivity index (χ0n) is 14.9. The SMILES string of the molecule is Cc1sc2nc(CN3CCN(c4snc(Cl)c4C#N)CC3)[nH]c(=O)c2c1C. The highest BCUT2D eigenvalue weighted by Gasteiger charge is 2.23. The molecule has 140 valence electrons. The Hall–Kier alpha value is -1.99. The molecule has 0 saturated carbocycles. The van der Waals surface area contributed by atoms with Crippen molar-refractivity contribution in [3.63, 3.8) is 0 Å². The van der Waals surface area contributed by atoms with Gasteiger partial charge in [0, 0.05) is 31.1 Å². The van der Waals surface area contributed by atoms with Crippen molar-refractivity contribution in [1.29, 1.82) is 5.26 Å². The van der Waals surface area contributed by atoms with E-state index in [4.69, 9.17) is 11.6 Å². The number of nitrogens with one attached hydrogen (secondary N) is 1. The summed E-state index contributed by atoms with van der Waals surface area (Å²) in [4.78, 5) is 26.3. The van der Waals surface area contributed by atoms with Gasteiger partial charge in [-0.2, -0.15) is 9.64 Å². The maximum atomic E-state index is 12.4. The second kappa shape index (κ2) is 7.20. The zero-order valence-corrected chi connectivity index (χ0v) is 17.3. The van der Waals surface area contributed by atoms with E-state index in [1.807, 2.05) is 13.8 Å². The van der Waals surface area contributed by atoms with Crippen LogP contribution >= 0.6 is 34.5 Å². The van der Waals surface area contributed by atoms with Gasteiger partial charge in [0.1, 0.15) is 27.3 Å². The van der Waals surface area contributed by atoms with E-state index in [0.717, 1.165) is 46.5 Å². The summed E-state index contributed by atoms with van der Waals surface area (Å²) in [6, 6.07) is 2.13. The van der Waals surface area contributed by atoms with Gasteiger partial charge in [-0.25, -0.2) is 4.98 Å². The maximum Gasteiger partial charge on any atom is 0.259 e. The number of hydrogen-bond acceptors (Lipinski definition) is 8. The standard InChI is InChI=1S/C17H17ClN6OS2/c1-9-10(2)26-16-13(9)15(25)20-12(21-16)8-23-3-5-24(6-4-23)17-11(7-19)14(18)22-27-17/h3-6,8H2,1-2H3,(H,20,21,25). The van der Waals surface area contributed by atoms with Gasteiger partial charge in [-0.15, -0.1) is 11.3 Å². The number of hydrogen-bond donors (Lipinski definition) is 1. The minimum absolute atomic E-state index is 0.0616. The van der Waals surface area contributed by atoms with E-state index < -0.39 is 0 Å². The molecule has 1 saturated heterocycles. The first-order valence-corrected chi connectivity index (χ1v) is 10.5. The summed E-state index contributed by atoms with van der Waals surface area (Å²) in [6.45, 7) is 7.75. The van der Waals surface area contributed by atoms with Crippen molar-refractivity contribution < 1.29 is 0 Å². The highest BCUT2D eigenvalue weighted by molar-refractivity contribution is 7.18. The van der Waals surface area contributed by atoms with Crippen LogP contribution in [-0.2, 0) is 6.54 Å². The number of piperazine rings is 1. The number of fused-ring (bicyclic) bond motifs is 1. The van der Waals surface area contributed by atoms with E-state index >= 15 is 0 Å². The van der Waals surface area contributed by atoms with Gasteiger partial charge in [-0.3, -0.25) is 9.69 Å². The second-order valence-electron chi connectivity index (χ2n) is 6.50. The number of aromatic amines is 1. The summed E-state index contributed by atoms with van der Waals surface area (Å²) in [5, 5.41) is 11.1. The van der Waals surface area contributed by atoms with Crippen LogP contribution in [0.25, 0.3) is 10.2 Å². The van der Waals surface area contributed by atoms with E-state index in [9.17, 15) is 10.1 Å². The molecule has 3 aromatic heterocycles. The van der Waals surface area contributed by atoms with Crippen molar-refractivity contribution in [2.75, 3.05) is 31.1 Å². The van der Waals surface area contributed by atoms with Crippen LogP contribution in [0.2, 0.25) is 5.15 Å². The predicted molar refractivity (Wildman–Crippen MR) is 109 cm³/mol. The molecular weight excluding hydrogens is 404 g/mol. The van der Waals surface area contributed by atoms with Gasteiger partial charge in [0.2, 0.25) is 0 Å². The Kier molecular flexibility index (Phi) is 4.90. The lowest BCUT2D eigenvalue weighted by molar-refractivity contribution is 0.244. The molecule has 3 aromatic rings. The lowest BCUT2D eigenvalue weighted by atomic mass is 10.2. The summed E-state index contributed by atoms with van der Waals surface area (Å²) in [7, 11) is 0. The molecule has 0 radical (unpaired) electrons. The highest BCUT2D eigenvalue weighted by Crippen LogP contribution is 2.32. The molecule has 0 atom stereocenters. The number of anilines is 1. The molecule has 4 rings (SSSR count). The third kappa shape index (κ3) is 3.34. The normalized spacial score (nSPS) is 15.4. The molecule has 27 heavy (non-hydrogen) atoms. The quantitative estimate of drug-likeness (QED) is 0.700. The van der Waals surface area contributed by atoms with Crippen LogP contribution in [-0.4, -0.2) is 45.4 Å². The molecule has 1 fully saturated rings. The second-order valence-corrected chi connectivity index (χ2v) is 8.82. The summed E-state index contributed by atoms with van der Waals surface area (Å²) in [6.07, 6.45) is 0. The molecule has 0 aliphatic carbocycles. The first-order valence-electron chi connectivity index (χ1n) is 8.49. The number of H-pyrrole nitrogens is 1. The summed E-state index contributed by atoms with van der Waals surface area (Å²) in [5.74, 6) is 0.695. The summed E-state index contributed by atoms with van der Waals surface area (Å²) in [5.41, 5.74) is 1.41. The number of nitrogens with zero attached hydrogens (tertiary/aromatic N) is 5. The average Bonchev–Trinajstić information content (AvgIpc) is 3.15. The topological polar surface area (TPSA) is 88.9 Å². The van der Waals surface area contributed by atoms with Crippen LogP contribution in [0.4, 0.5) is 5.00 Å². The van der Waals surface area contributed by atoms with Gasteiger partial charge < -0.3 is 9.88 Å². The average molecular weight is 421 g/mol. The van der Waals surface area contributed by atoms with E-state index in [1.165, 1.54) is 11.5 Å². The molecule has 1 aliphatic rings. The molecule has 4 heterocycles.